The second-order valence-corrected chi connectivity index (χ2v) is 7.62. The van der Waals surface area contributed by atoms with Crippen LogP contribution in [-0.4, -0.2) is 47.5 Å². The van der Waals surface area contributed by atoms with Gasteiger partial charge in [0.05, 0.1) is 12.7 Å². The average molecular weight is 399 g/mol. The van der Waals surface area contributed by atoms with Gasteiger partial charge in [-0.2, -0.15) is 0 Å². The van der Waals surface area contributed by atoms with E-state index in [2.05, 4.69) is 27.1 Å². The molecule has 0 aromatic carbocycles. The quantitative estimate of drug-likeness (QED) is 0.700. The van der Waals surface area contributed by atoms with E-state index >= 15 is 0 Å². The number of Topliss-reactive ketones (excluding diaryl/α,β-unsaturated/α-hetero) is 1. The Hall–Kier alpha value is -2.67. The van der Waals surface area contributed by atoms with Gasteiger partial charge >= 0.3 is 0 Å². The molecule has 0 bridgehead atoms. The van der Waals surface area contributed by atoms with Crippen LogP contribution in [0.4, 0.5) is 5.82 Å². The fourth-order valence-corrected chi connectivity index (χ4v) is 3.89. The minimum absolute atomic E-state index is 0.0141. The zero-order valence-corrected chi connectivity index (χ0v) is 17.7. The third kappa shape index (κ3) is 4.85. The molecular weight excluding hydrogens is 368 g/mol. The fraction of sp³-hybridized carbons (Fsp3) is 0.500. The molecule has 1 unspecified atom stereocenters. The number of carbonyl (C=O) groups is 2. The highest BCUT2D eigenvalue weighted by Gasteiger charge is 2.22. The maximum absolute atomic E-state index is 12.8. The summed E-state index contributed by atoms with van der Waals surface area (Å²) in [7, 11) is 0. The third-order valence-electron chi connectivity index (χ3n) is 5.20. The van der Waals surface area contributed by atoms with Gasteiger partial charge in [-0.25, -0.2) is 4.98 Å². The van der Waals surface area contributed by atoms with Gasteiger partial charge in [0.1, 0.15) is 11.5 Å². The lowest BCUT2D eigenvalue weighted by molar-refractivity contribution is 0.0529. The Kier molecular flexibility index (Phi) is 6.69. The molecule has 0 radical (unpaired) electrons. The molecule has 0 spiro atoms. The fourth-order valence-electron chi connectivity index (χ4n) is 3.89. The molecule has 156 valence electrons. The molecule has 0 saturated carbocycles. The number of pyridine rings is 1. The number of carbonyl (C=O) groups excluding carboxylic acids is 2. The van der Waals surface area contributed by atoms with E-state index in [4.69, 9.17) is 4.74 Å². The Bertz CT molecular complexity index is 890. The van der Waals surface area contributed by atoms with Gasteiger partial charge < -0.3 is 19.9 Å². The number of aryl methyl sites for hydroxylation is 1. The first-order valence-corrected chi connectivity index (χ1v) is 10.2. The predicted molar refractivity (Wildman–Crippen MR) is 113 cm³/mol. The standard InChI is InChI=1S/C22H30N4O3/c1-5-6-18-20(16(4)27)15(3)25-21(18)22(28)24-12-17-7-8-23-19(11-17)26-9-10-29-14(2)13-26/h7-8,11,14,25H,5-6,9-10,12-13H2,1-4H3,(H,24,28). The number of H-pyrrole nitrogens is 1. The summed E-state index contributed by atoms with van der Waals surface area (Å²) < 4.78 is 5.59. The summed E-state index contributed by atoms with van der Waals surface area (Å²) in [4.78, 5) is 34.6. The van der Waals surface area contributed by atoms with Gasteiger partial charge in [-0.3, -0.25) is 9.59 Å². The topological polar surface area (TPSA) is 87.3 Å². The molecule has 1 aliphatic heterocycles. The molecule has 1 amide bonds. The molecule has 1 fully saturated rings. The molecule has 1 aliphatic rings. The molecule has 2 N–H and O–H groups in total. The van der Waals surface area contributed by atoms with Crippen molar-refractivity contribution in [2.45, 2.75) is 53.2 Å². The summed E-state index contributed by atoms with van der Waals surface area (Å²) in [5, 5.41) is 2.98. The summed E-state index contributed by atoms with van der Waals surface area (Å²) in [5.41, 5.74) is 3.68. The number of nitrogens with one attached hydrogen (secondary N) is 2. The van der Waals surface area contributed by atoms with E-state index in [0.29, 0.717) is 30.8 Å². The molecule has 3 heterocycles. The van der Waals surface area contributed by atoms with Crippen LogP contribution in [0.25, 0.3) is 0 Å². The van der Waals surface area contributed by atoms with Crippen LogP contribution in [-0.2, 0) is 17.7 Å². The maximum atomic E-state index is 12.8. The van der Waals surface area contributed by atoms with Crippen molar-refractivity contribution in [3.8, 4) is 0 Å². The number of anilines is 1. The first-order valence-electron chi connectivity index (χ1n) is 10.2. The Morgan fingerprint density at radius 2 is 2.21 bits per heavy atom. The number of aromatic nitrogens is 2. The number of amides is 1. The van der Waals surface area contributed by atoms with Crippen LogP contribution in [0, 0.1) is 6.92 Å². The van der Waals surface area contributed by atoms with Gasteiger partial charge in [-0.15, -0.1) is 0 Å². The number of rotatable bonds is 7. The Morgan fingerprint density at radius 3 is 2.90 bits per heavy atom. The molecule has 0 aliphatic carbocycles. The Morgan fingerprint density at radius 1 is 1.41 bits per heavy atom. The van der Waals surface area contributed by atoms with E-state index in [1.165, 1.54) is 0 Å². The highest BCUT2D eigenvalue weighted by molar-refractivity contribution is 6.02. The van der Waals surface area contributed by atoms with Crippen LogP contribution in [0.2, 0.25) is 0 Å². The van der Waals surface area contributed by atoms with Crippen molar-refractivity contribution >= 4 is 17.5 Å². The van der Waals surface area contributed by atoms with E-state index in [1.54, 1.807) is 13.1 Å². The minimum Gasteiger partial charge on any atom is -0.375 e. The van der Waals surface area contributed by atoms with Crippen molar-refractivity contribution in [1.29, 1.82) is 0 Å². The molecular formula is C22H30N4O3. The molecule has 7 nitrogen and oxygen atoms in total. The number of ether oxygens (including phenoxy) is 1. The number of nitrogens with zero attached hydrogens (tertiary/aromatic N) is 2. The molecule has 7 heteroatoms. The number of hydrogen-bond donors (Lipinski definition) is 2. The van der Waals surface area contributed by atoms with E-state index in [-0.39, 0.29) is 17.8 Å². The maximum Gasteiger partial charge on any atom is 0.268 e. The summed E-state index contributed by atoms with van der Waals surface area (Å²) in [5.74, 6) is 0.690. The largest absolute Gasteiger partial charge is 0.375 e. The predicted octanol–water partition coefficient (Wildman–Crippen LogP) is 3.03. The molecule has 1 saturated heterocycles. The van der Waals surface area contributed by atoms with Crippen LogP contribution in [0.3, 0.4) is 0 Å². The van der Waals surface area contributed by atoms with E-state index < -0.39 is 0 Å². The summed E-state index contributed by atoms with van der Waals surface area (Å²) in [6, 6.07) is 3.91. The van der Waals surface area contributed by atoms with Crippen LogP contribution < -0.4 is 10.2 Å². The number of aromatic amines is 1. The van der Waals surface area contributed by atoms with Crippen LogP contribution in [0.1, 0.15) is 64.9 Å². The van der Waals surface area contributed by atoms with Gasteiger partial charge in [0, 0.05) is 37.1 Å². The number of hydrogen-bond acceptors (Lipinski definition) is 5. The highest BCUT2D eigenvalue weighted by atomic mass is 16.5. The number of morpholine rings is 1. The van der Waals surface area contributed by atoms with Crippen LogP contribution in [0.15, 0.2) is 18.3 Å². The SMILES string of the molecule is CCCc1c(C(=O)NCc2ccnc(N3CCOC(C)C3)c2)[nH]c(C)c1C(C)=O. The zero-order chi connectivity index (χ0) is 21.0. The van der Waals surface area contributed by atoms with Gasteiger partial charge in [0.15, 0.2) is 5.78 Å². The first kappa shape index (κ1) is 21.0. The lowest BCUT2D eigenvalue weighted by atomic mass is 10.0. The minimum atomic E-state index is -0.192. The highest BCUT2D eigenvalue weighted by Crippen LogP contribution is 2.22. The first-order chi connectivity index (χ1) is 13.9. The second-order valence-electron chi connectivity index (χ2n) is 7.62. The van der Waals surface area contributed by atoms with Crippen LogP contribution in [0.5, 0.6) is 0 Å². The lowest BCUT2D eigenvalue weighted by Crippen LogP contribution is -2.41. The molecule has 2 aromatic heterocycles. The van der Waals surface area contributed by atoms with Crippen molar-refractivity contribution < 1.29 is 14.3 Å². The average Bonchev–Trinajstić information content (AvgIpc) is 3.03. The van der Waals surface area contributed by atoms with Crippen molar-refractivity contribution in [2.75, 3.05) is 24.6 Å². The van der Waals surface area contributed by atoms with Crippen molar-refractivity contribution in [3.05, 3.63) is 46.4 Å². The lowest BCUT2D eigenvalue weighted by Gasteiger charge is -2.32. The van der Waals surface area contributed by atoms with E-state index in [9.17, 15) is 9.59 Å². The second kappa shape index (κ2) is 9.22. The molecule has 29 heavy (non-hydrogen) atoms. The molecule has 3 rings (SSSR count). The summed E-state index contributed by atoms with van der Waals surface area (Å²) in [6.45, 7) is 10.2. The summed E-state index contributed by atoms with van der Waals surface area (Å²) >= 11 is 0. The van der Waals surface area contributed by atoms with E-state index in [0.717, 1.165) is 42.1 Å². The number of ketones is 1. The van der Waals surface area contributed by atoms with Gasteiger partial charge in [-0.1, -0.05) is 13.3 Å². The van der Waals surface area contributed by atoms with Crippen molar-refractivity contribution in [1.82, 2.24) is 15.3 Å². The van der Waals surface area contributed by atoms with Gasteiger partial charge in [0.2, 0.25) is 0 Å². The van der Waals surface area contributed by atoms with Gasteiger partial charge in [-0.05, 0) is 50.5 Å². The Balaban J connectivity index is 1.72. The van der Waals surface area contributed by atoms with Gasteiger partial charge in [0.25, 0.3) is 5.91 Å². The monoisotopic (exact) mass is 398 g/mol. The smallest absolute Gasteiger partial charge is 0.268 e. The zero-order valence-electron chi connectivity index (χ0n) is 17.7. The van der Waals surface area contributed by atoms with Crippen LogP contribution >= 0.6 is 0 Å². The summed E-state index contributed by atoms with van der Waals surface area (Å²) in [6.07, 6.45) is 3.50. The third-order valence-corrected chi connectivity index (χ3v) is 5.20. The van der Waals surface area contributed by atoms with E-state index in [1.807, 2.05) is 26.0 Å². The normalized spacial score (nSPS) is 16.7. The van der Waals surface area contributed by atoms with Crippen molar-refractivity contribution in [2.24, 2.45) is 0 Å². The molecule has 2 aromatic rings. The molecule has 1 atom stereocenters. The van der Waals surface area contributed by atoms with Crippen molar-refractivity contribution in [3.63, 3.8) is 0 Å². The Labute approximate surface area is 171 Å².